The van der Waals surface area contributed by atoms with Gasteiger partial charge < -0.3 is 28.4 Å². The summed E-state index contributed by atoms with van der Waals surface area (Å²) in [5.74, 6) is -1.80. The maximum absolute atomic E-state index is 12.8. The van der Waals surface area contributed by atoms with E-state index < -0.39 is 29.8 Å². The second kappa shape index (κ2) is 19.0. The number of benzene rings is 4. The van der Waals surface area contributed by atoms with Gasteiger partial charge in [-0.2, -0.15) is 0 Å². The molecule has 11 heteroatoms. The molecule has 0 amide bonds. The zero-order valence-electron chi connectivity index (χ0n) is 28.8. The van der Waals surface area contributed by atoms with Gasteiger partial charge in [0.1, 0.15) is 17.2 Å². The molecule has 268 valence electrons. The van der Waals surface area contributed by atoms with Crippen LogP contribution in [0.25, 0.3) is 11.1 Å². The third-order valence-corrected chi connectivity index (χ3v) is 7.30. The number of hydrogen-bond acceptors (Lipinski definition) is 11. The van der Waals surface area contributed by atoms with Crippen LogP contribution >= 0.6 is 0 Å². The second-order valence-electron chi connectivity index (χ2n) is 11.7. The Kier molecular flexibility index (Phi) is 14.0. The topological polar surface area (TPSA) is 141 Å². The zero-order chi connectivity index (χ0) is 37.5. The summed E-state index contributed by atoms with van der Waals surface area (Å²) >= 11 is 0. The minimum absolute atomic E-state index is 0.0444. The van der Waals surface area contributed by atoms with Crippen LogP contribution < -0.4 is 14.2 Å². The fourth-order valence-electron chi connectivity index (χ4n) is 4.40. The van der Waals surface area contributed by atoms with E-state index in [1.54, 1.807) is 79.7 Å². The van der Waals surface area contributed by atoms with Crippen molar-refractivity contribution in [3.05, 3.63) is 139 Å². The van der Waals surface area contributed by atoms with E-state index in [1.165, 1.54) is 24.3 Å². The van der Waals surface area contributed by atoms with Gasteiger partial charge in [0, 0.05) is 24.0 Å². The fourth-order valence-corrected chi connectivity index (χ4v) is 4.40. The van der Waals surface area contributed by atoms with E-state index in [0.29, 0.717) is 29.2 Å². The number of esters is 5. The monoisotopic (exact) mass is 706 g/mol. The Morgan fingerprint density at radius 3 is 1.29 bits per heavy atom. The maximum Gasteiger partial charge on any atom is 0.343 e. The number of ether oxygens (including phenoxy) is 6. The van der Waals surface area contributed by atoms with Crippen LogP contribution in [-0.4, -0.2) is 56.3 Å². The molecule has 0 N–H and O–H groups in total. The highest BCUT2D eigenvalue weighted by Gasteiger charge is 2.14. The molecule has 0 saturated carbocycles. The first-order valence-corrected chi connectivity index (χ1v) is 16.3. The Balaban J connectivity index is 1.22. The van der Waals surface area contributed by atoms with Gasteiger partial charge in [-0.05, 0) is 83.9 Å². The van der Waals surface area contributed by atoms with Crippen molar-refractivity contribution < 1.29 is 52.4 Å². The third kappa shape index (κ3) is 11.8. The Morgan fingerprint density at radius 1 is 0.481 bits per heavy atom. The molecule has 2 atom stereocenters. The summed E-state index contributed by atoms with van der Waals surface area (Å²) in [4.78, 5) is 60.2. The van der Waals surface area contributed by atoms with Crippen molar-refractivity contribution >= 4 is 29.8 Å². The zero-order valence-corrected chi connectivity index (χ0v) is 28.8. The standard InChI is InChI=1S/C41H38O11/c1-5-37(42)48-24-27(3)23-47-34-17-13-32(14-18-34)40(45)52-36-21-15-33(16-22-36)41(46)51-35-19-11-30(12-20-35)29-7-9-31(10-8-29)39(44)50-26-28(4)25-49-38(43)6-2/h5-22,27-28H,1-2,23-26H2,3-4H3. The summed E-state index contributed by atoms with van der Waals surface area (Å²) in [6.45, 7) is 11.1. The van der Waals surface area contributed by atoms with Gasteiger partial charge in [0.25, 0.3) is 0 Å². The minimum Gasteiger partial charge on any atom is -0.493 e. The fraction of sp³-hybridized carbons (Fsp3) is 0.195. The van der Waals surface area contributed by atoms with Gasteiger partial charge in [-0.25, -0.2) is 24.0 Å². The second-order valence-corrected chi connectivity index (χ2v) is 11.7. The van der Waals surface area contributed by atoms with Crippen molar-refractivity contribution in [1.82, 2.24) is 0 Å². The molecule has 11 nitrogen and oxygen atoms in total. The maximum atomic E-state index is 12.8. The van der Waals surface area contributed by atoms with Crippen molar-refractivity contribution in [2.45, 2.75) is 13.8 Å². The lowest BCUT2D eigenvalue weighted by Crippen LogP contribution is -2.18. The van der Waals surface area contributed by atoms with Gasteiger partial charge in [0.15, 0.2) is 0 Å². The van der Waals surface area contributed by atoms with Gasteiger partial charge in [0.05, 0.1) is 43.1 Å². The molecular weight excluding hydrogens is 668 g/mol. The average molecular weight is 707 g/mol. The third-order valence-electron chi connectivity index (χ3n) is 7.30. The molecule has 0 spiro atoms. The molecule has 0 heterocycles. The molecule has 0 radical (unpaired) electrons. The molecule has 52 heavy (non-hydrogen) atoms. The lowest BCUT2D eigenvalue weighted by molar-refractivity contribution is -0.140. The van der Waals surface area contributed by atoms with Gasteiger partial charge >= 0.3 is 29.8 Å². The summed E-state index contributed by atoms with van der Waals surface area (Å²) < 4.78 is 31.9. The first-order chi connectivity index (χ1) is 25.0. The molecule has 4 aromatic carbocycles. The first kappa shape index (κ1) is 38.3. The van der Waals surface area contributed by atoms with Crippen molar-refractivity contribution in [1.29, 1.82) is 0 Å². The van der Waals surface area contributed by atoms with Gasteiger partial charge in [-0.3, -0.25) is 0 Å². The predicted molar refractivity (Wildman–Crippen MR) is 191 cm³/mol. The Labute approximate surface area is 301 Å². The van der Waals surface area contributed by atoms with E-state index in [1.807, 2.05) is 6.92 Å². The molecule has 0 aromatic heterocycles. The van der Waals surface area contributed by atoms with E-state index in [4.69, 9.17) is 28.4 Å². The molecule has 2 unspecified atom stereocenters. The highest BCUT2D eigenvalue weighted by molar-refractivity contribution is 5.93. The van der Waals surface area contributed by atoms with Crippen molar-refractivity contribution in [3.63, 3.8) is 0 Å². The molecule has 0 aliphatic heterocycles. The summed E-state index contributed by atoms with van der Waals surface area (Å²) in [6.07, 6.45) is 2.17. The summed E-state index contributed by atoms with van der Waals surface area (Å²) in [5.41, 5.74) is 2.61. The van der Waals surface area contributed by atoms with E-state index in [2.05, 4.69) is 13.2 Å². The van der Waals surface area contributed by atoms with Crippen LogP contribution in [-0.2, 0) is 23.8 Å². The average Bonchev–Trinajstić information content (AvgIpc) is 3.17. The largest absolute Gasteiger partial charge is 0.493 e. The van der Waals surface area contributed by atoms with Crippen molar-refractivity contribution in [2.75, 3.05) is 26.4 Å². The van der Waals surface area contributed by atoms with Crippen molar-refractivity contribution in [3.8, 4) is 28.4 Å². The molecule has 0 saturated heterocycles. The van der Waals surface area contributed by atoms with Crippen LogP contribution in [0.4, 0.5) is 0 Å². The lowest BCUT2D eigenvalue weighted by atomic mass is 10.0. The molecule has 4 rings (SSSR count). The number of rotatable bonds is 17. The number of hydrogen-bond donors (Lipinski definition) is 0. The SMILES string of the molecule is C=CC(=O)OCC(C)COC(=O)c1ccc(-c2ccc(OC(=O)c3ccc(OC(=O)c4ccc(OCC(C)COC(=O)C=C)cc4)cc3)cc2)cc1. The smallest absolute Gasteiger partial charge is 0.343 e. The molecule has 4 aromatic rings. The Bertz CT molecular complexity index is 1860. The van der Waals surface area contributed by atoms with Crippen LogP contribution in [0.15, 0.2) is 122 Å². The van der Waals surface area contributed by atoms with Crippen molar-refractivity contribution in [2.24, 2.45) is 11.8 Å². The quantitative estimate of drug-likeness (QED) is 0.0482. The van der Waals surface area contributed by atoms with Gasteiger partial charge in [-0.15, -0.1) is 0 Å². The molecular formula is C41H38O11. The predicted octanol–water partition coefficient (Wildman–Crippen LogP) is 7.06. The van der Waals surface area contributed by atoms with Gasteiger partial charge in [-0.1, -0.05) is 51.3 Å². The van der Waals surface area contributed by atoms with Crippen LogP contribution in [0, 0.1) is 11.8 Å². The van der Waals surface area contributed by atoms with Gasteiger partial charge in [0.2, 0.25) is 0 Å². The number of carbonyl (C=O) groups is 5. The summed E-state index contributed by atoms with van der Waals surface area (Å²) in [7, 11) is 0. The molecule has 0 bridgehead atoms. The highest BCUT2D eigenvalue weighted by atomic mass is 16.6. The Hall–Kier alpha value is -6.49. The normalized spacial score (nSPS) is 11.6. The van der Waals surface area contributed by atoms with E-state index >= 15 is 0 Å². The first-order valence-electron chi connectivity index (χ1n) is 16.3. The molecule has 0 aliphatic rings. The lowest BCUT2D eigenvalue weighted by Gasteiger charge is -2.13. The summed E-state index contributed by atoms with van der Waals surface area (Å²) in [6, 6.07) is 26.1. The van der Waals surface area contributed by atoms with Crippen LogP contribution in [0.1, 0.15) is 44.9 Å². The summed E-state index contributed by atoms with van der Waals surface area (Å²) in [5, 5.41) is 0. The van der Waals surface area contributed by atoms with Crippen LogP contribution in [0.5, 0.6) is 17.2 Å². The number of carbonyl (C=O) groups excluding carboxylic acids is 5. The van der Waals surface area contributed by atoms with Crippen LogP contribution in [0.2, 0.25) is 0 Å². The van der Waals surface area contributed by atoms with E-state index in [0.717, 1.165) is 23.3 Å². The minimum atomic E-state index is -0.592. The Morgan fingerprint density at radius 2 is 0.827 bits per heavy atom. The molecule has 0 fully saturated rings. The molecule has 0 aliphatic carbocycles. The van der Waals surface area contributed by atoms with E-state index in [9.17, 15) is 24.0 Å². The van der Waals surface area contributed by atoms with E-state index in [-0.39, 0.29) is 43.0 Å². The highest BCUT2D eigenvalue weighted by Crippen LogP contribution is 2.24. The van der Waals surface area contributed by atoms with Crippen LogP contribution in [0.3, 0.4) is 0 Å².